The smallest absolute Gasteiger partial charge is 0.335 e. The number of rotatable bonds is 2. The van der Waals surface area contributed by atoms with Gasteiger partial charge in [-0.1, -0.05) is 0 Å². The van der Waals surface area contributed by atoms with Crippen LogP contribution in [0.25, 0.3) is 0 Å². The Kier molecular flexibility index (Phi) is 3.43. The number of carboxylic acid groups (broad SMARTS) is 1. The monoisotopic (exact) mass is 237 g/mol. The number of benzene rings is 1. The van der Waals surface area contributed by atoms with Crippen molar-refractivity contribution in [2.75, 3.05) is 20.1 Å². The minimum absolute atomic E-state index is 0.0407. The van der Waals surface area contributed by atoms with Crippen LogP contribution in [0.15, 0.2) is 18.2 Å². The molecule has 0 atom stereocenters. The Labute approximate surface area is 99.9 Å². The van der Waals surface area contributed by atoms with E-state index in [4.69, 9.17) is 5.11 Å². The molecule has 0 bridgehead atoms. The van der Waals surface area contributed by atoms with Crippen LogP contribution in [0.1, 0.15) is 34.7 Å². The molecule has 0 amide bonds. The third-order valence-corrected chi connectivity index (χ3v) is 3.36. The van der Waals surface area contributed by atoms with Crippen LogP contribution in [-0.2, 0) is 0 Å². The van der Waals surface area contributed by atoms with Crippen LogP contribution < -0.4 is 0 Å². The highest BCUT2D eigenvalue weighted by atomic mass is 19.1. The van der Waals surface area contributed by atoms with Crippen molar-refractivity contribution in [2.24, 2.45) is 0 Å². The van der Waals surface area contributed by atoms with Gasteiger partial charge in [-0.3, -0.25) is 0 Å². The summed E-state index contributed by atoms with van der Waals surface area (Å²) in [6.07, 6.45) is 1.91. The molecule has 0 saturated carbocycles. The molecule has 1 heterocycles. The minimum atomic E-state index is -1.07. The van der Waals surface area contributed by atoms with Gasteiger partial charge in [0.15, 0.2) is 0 Å². The molecule has 17 heavy (non-hydrogen) atoms. The summed E-state index contributed by atoms with van der Waals surface area (Å²) in [6.45, 7) is 1.95. The normalized spacial score (nSPS) is 18.2. The first-order valence-electron chi connectivity index (χ1n) is 5.78. The number of piperidine rings is 1. The zero-order valence-electron chi connectivity index (χ0n) is 9.82. The van der Waals surface area contributed by atoms with Gasteiger partial charge in [-0.25, -0.2) is 9.18 Å². The predicted octanol–water partition coefficient (Wildman–Crippen LogP) is 2.33. The number of hydrogen-bond acceptors (Lipinski definition) is 2. The number of halogens is 1. The van der Waals surface area contributed by atoms with Crippen LogP contribution in [0.5, 0.6) is 0 Å². The summed E-state index contributed by atoms with van der Waals surface area (Å²) in [5.74, 6) is -1.25. The maximum atomic E-state index is 13.3. The number of hydrogen-bond donors (Lipinski definition) is 1. The topological polar surface area (TPSA) is 40.5 Å². The Bertz CT molecular complexity index is 425. The summed E-state index contributed by atoms with van der Waals surface area (Å²) in [5.41, 5.74) is 0.856. The van der Waals surface area contributed by atoms with Crippen molar-refractivity contribution in [3.05, 3.63) is 35.1 Å². The van der Waals surface area contributed by atoms with Crippen LogP contribution in [0.2, 0.25) is 0 Å². The van der Waals surface area contributed by atoms with Gasteiger partial charge in [-0.15, -0.1) is 0 Å². The van der Waals surface area contributed by atoms with E-state index in [0.717, 1.165) is 37.6 Å². The molecule has 1 aliphatic heterocycles. The Morgan fingerprint density at radius 2 is 2.00 bits per heavy atom. The van der Waals surface area contributed by atoms with Gasteiger partial charge in [0.2, 0.25) is 0 Å². The Morgan fingerprint density at radius 1 is 1.35 bits per heavy atom. The van der Waals surface area contributed by atoms with Crippen molar-refractivity contribution < 1.29 is 14.3 Å². The van der Waals surface area contributed by atoms with E-state index in [2.05, 4.69) is 11.9 Å². The van der Waals surface area contributed by atoms with E-state index in [1.165, 1.54) is 6.07 Å². The van der Waals surface area contributed by atoms with Crippen LogP contribution in [0, 0.1) is 5.82 Å². The van der Waals surface area contributed by atoms with Crippen molar-refractivity contribution in [2.45, 2.75) is 18.8 Å². The molecule has 0 radical (unpaired) electrons. The second kappa shape index (κ2) is 4.84. The Balaban J connectivity index is 2.23. The molecule has 0 aromatic heterocycles. The van der Waals surface area contributed by atoms with Crippen LogP contribution in [0.4, 0.5) is 4.39 Å². The molecule has 3 nitrogen and oxygen atoms in total. The summed E-state index contributed by atoms with van der Waals surface area (Å²) in [5, 5.41) is 8.90. The minimum Gasteiger partial charge on any atom is -0.478 e. The third kappa shape index (κ3) is 2.82. The molecular weight excluding hydrogens is 221 g/mol. The lowest BCUT2D eigenvalue weighted by atomic mass is 9.88. The molecule has 1 fully saturated rings. The predicted molar refractivity (Wildman–Crippen MR) is 62.8 cm³/mol. The highest BCUT2D eigenvalue weighted by Crippen LogP contribution is 2.28. The van der Waals surface area contributed by atoms with E-state index in [-0.39, 0.29) is 11.5 Å². The first-order chi connectivity index (χ1) is 8.06. The van der Waals surface area contributed by atoms with Gasteiger partial charge in [0, 0.05) is 0 Å². The molecule has 2 rings (SSSR count). The first-order valence-corrected chi connectivity index (χ1v) is 5.78. The molecule has 0 unspecified atom stereocenters. The fraction of sp³-hybridized carbons (Fsp3) is 0.462. The summed E-state index contributed by atoms with van der Waals surface area (Å²) >= 11 is 0. The number of likely N-dealkylation sites (tertiary alicyclic amines) is 1. The van der Waals surface area contributed by atoms with Gasteiger partial charge in [-0.2, -0.15) is 0 Å². The second-order valence-electron chi connectivity index (χ2n) is 4.66. The molecule has 92 valence electrons. The van der Waals surface area contributed by atoms with Gasteiger partial charge < -0.3 is 10.0 Å². The van der Waals surface area contributed by atoms with Gasteiger partial charge >= 0.3 is 5.97 Å². The molecule has 1 aliphatic rings. The van der Waals surface area contributed by atoms with Crippen LogP contribution in [-0.4, -0.2) is 36.1 Å². The summed E-state index contributed by atoms with van der Waals surface area (Å²) < 4.78 is 13.3. The molecular formula is C13H16FNO2. The number of carbonyl (C=O) groups is 1. The summed E-state index contributed by atoms with van der Waals surface area (Å²) in [6, 6.07) is 4.13. The Morgan fingerprint density at radius 3 is 2.59 bits per heavy atom. The van der Waals surface area contributed by atoms with Crippen molar-refractivity contribution in [3.63, 3.8) is 0 Å². The van der Waals surface area contributed by atoms with E-state index in [1.807, 2.05) is 0 Å². The highest BCUT2D eigenvalue weighted by Gasteiger charge is 2.20. The average Bonchev–Trinajstić information content (AvgIpc) is 2.29. The molecule has 1 aromatic rings. The fourth-order valence-electron chi connectivity index (χ4n) is 2.31. The van der Waals surface area contributed by atoms with Gasteiger partial charge in [0.1, 0.15) is 5.82 Å². The van der Waals surface area contributed by atoms with E-state index in [0.29, 0.717) is 0 Å². The fourth-order valence-corrected chi connectivity index (χ4v) is 2.31. The average molecular weight is 237 g/mol. The van der Waals surface area contributed by atoms with Gasteiger partial charge in [-0.05, 0) is 62.7 Å². The zero-order chi connectivity index (χ0) is 12.4. The molecule has 1 N–H and O–H groups in total. The van der Waals surface area contributed by atoms with Gasteiger partial charge in [0.05, 0.1) is 5.56 Å². The zero-order valence-corrected chi connectivity index (χ0v) is 9.82. The lowest BCUT2D eigenvalue weighted by Crippen LogP contribution is -2.29. The maximum Gasteiger partial charge on any atom is 0.335 e. The van der Waals surface area contributed by atoms with Crippen molar-refractivity contribution in [1.29, 1.82) is 0 Å². The SMILES string of the molecule is CN1CCC(c2cc(F)cc(C(=O)O)c2)CC1. The lowest BCUT2D eigenvalue weighted by Gasteiger charge is -2.29. The Hall–Kier alpha value is -1.42. The van der Waals surface area contributed by atoms with Gasteiger partial charge in [0.25, 0.3) is 0 Å². The first kappa shape index (κ1) is 12.0. The molecule has 1 aromatic carbocycles. The van der Waals surface area contributed by atoms with Crippen LogP contribution in [0.3, 0.4) is 0 Å². The number of aromatic carboxylic acids is 1. The lowest BCUT2D eigenvalue weighted by molar-refractivity contribution is 0.0696. The number of nitrogens with zero attached hydrogens (tertiary/aromatic N) is 1. The third-order valence-electron chi connectivity index (χ3n) is 3.36. The van der Waals surface area contributed by atoms with E-state index in [1.54, 1.807) is 6.07 Å². The maximum absolute atomic E-state index is 13.3. The molecule has 0 spiro atoms. The van der Waals surface area contributed by atoms with E-state index < -0.39 is 11.8 Å². The summed E-state index contributed by atoms with van der Waals surface area (Å²) in [4.78, 5) is 13.1. The quantitative estimate of drug-likeness (QED) is 0.858. The second-order valence-corrected chi connectivity index (χ2v) is 4.66. The molecule has 4 heteroatoms. The number of carboxylic acids is 1. The van der Waals surface area contributed by atoms with Crippen molar-refractivity contribution >= 4 is 5.97 Å². The van der Waals surface area contributed by atoms with Crippen molar-refractivity contribution in [3.8, 4) is 0 Å². The summed E-state index contributed by atoms with van der Waals surface area (Å²) in [7, 11) is 2.06. The highest BCUT2D eigenvalue weighted by molar-refractivity contribution is 5.87. The van der Waals surface area contributed by atoms with Crippen molar-refractivity contribution in [1.82, 2.24) is 4.90 Å². The van der Waals surface area contributed by atoms with Crippen LogP contribution >= 0.6 is 0 Å². The molecule has 0 aliphatic carbocycles. The largest absolute Gasteiger partial charge is 0.478 e. The molecule has 1 saturated heterocycles. The van der Waals surface area contributed by atoms with E-state index >= 15 is 0 Å². The standard InChI is InChI=1S/C13H16FNO2/c1-15-4-2-9(3-5-15)10-6-11(13(16)17)8-12(14)7-10/h6-9H,2-5H2,1H3,(H,16,17). The van der Waals surface area contributed by atoms with E-state index in [9.17, 15) is 9.18 Å².